The van der Waals surface area contributed by atoms with E-state index >= 15 is 0 Å². The van der Waals surface area contributed by atoms with Gasteiger partial charge in [-0.15, -0.1) is 0 Å². The third-order valence-electron chi connectivity index (χ3n) is 2.95. The number of nitrogens with zero attached hydrogens (tertiary/aromatic N) is 1. The average Bonchev–Trinajstić information content (AvgIpc) is 2.92. The monoisotopic (exact) mass is 244 g/mol. The number of nitrogens with one attached hydrogen (secondary N) is 1. The van der Waals surface area contributed by atoms with Crippen molar-refractivity contribution in [2.75, 3.05) is 25.0 Å². The molecular formula is C15H20N2O. The molecule has 0 radical (unpaired) electrons. The maximum absolute atomic E-state index is 5.02. The molecule has 1 N–H and O–H groups in total. The lowest BCUT2D eigenvalue weighted by Crippen LogP contribution is -2.23. The lowest BCUT2D eigenvalue weighted by atomic mass is 10.3. The summed E-state index contributed by atoms with van der Waals surface area (Å²) in [6.07, 6.45) is 4.62. The molecule has 1 aromatic heterocycles. The van der Waals surface area contributed by atoms with Crippen molar-refractivity contribution in [3.05, 3.63) is 54.5 Å². The number of hydrogen-bond donors (Lipinski definition) is 1. The van der Waals surface area contributed by atoms with Crippen LogP contribution < -0.4 is 10.2 Å². The Morgan fingerprint density at radius 3 is 2.72 bits per heavy atom. The molecule has 0 aliphatic rings. The van der Waals surface area contributed by atoms with Gasteiger partial charge in [-0.1, -0.05) is 18.2 Å². The summed E-state index contributed by atoms with van der Waals surface area (Å²) in [6, 6.07) is 12.5. The van der Waals surface area contributed by atoms with E-state index < -0.39 is 0 Å². The fourth-order valence-electron chi connectivity index (χ4n) is 1.88. The SMILES string of the molecule is CN(CCCNCc1ccoc1)c1ccccc1. The van der Waals surface area contributed by atoms with Crippen molar-refractivity contribution in [2.24, 2.45) is 0 Å². The Kier molecular flexibility index (Phi) is 4.85. The number of furan rings is 1. The Hall–Kier alpha value is -1.74. The molecule has 0 saturated carbocycles. The van der Waals surface area contributed by atoms with Crippen molar-refractivity contribution in [2.45, 2.75) is 13.0 Å². The molecule has 0 aliphatic heterocycles. The minimum atomic E-state index is 0.881. The van der Waals surface area contributed by atoms with Crippen LogP contribution in [0.3, 0.4) is 0 Å². The summed E-state index contributed by atoms with van der Waals surface area (Å²) in [7, 11) is 2.13. The molecular weight excluding hydrogens is 224 g/mol. The quantitative estimate of drug-likeness (QED) is 0.759. The summed E-state index contributed by atoms with van der Waals surface area (Å²) in [4.78, 5) is 2.28. The summed E-state index contributed by atoms with van der Waals surface area (Å²) >= 11 is 0. The number of rotatable bonds is 7. The van der Waals surface area contributed by atoms with E-state index in [1.165, 1.54) is 11.3 Å². The van der Waals surface area contributed by atoms with E-state index in [0.29, 0.717) is 0 Å². The first-order valence-electron chi connectivity index (χ1n) is 6.34. The van der Waals surface area contributed by atoms with Gasteiger partial charge in [0.05, 0.1) is 12.5 Å². The Labute approximate surface area is 108 Å². The predicted molar refractivity (Wildman–Crippen MR) is 74.7 cm³/mol. The van der Waals surface area contributed by atoms with Gasteiger partial charge < -0.3 is 14.6 Å². The zero-order valence-electron chi connectivity index (χ0n) is 10.8. The van der Waals surface area contributed by atoms with Crippen LogP contribution in [-0.2, 0) is 6.54 Å². The van der Waals surface area contributed by atoms with Gasteiger partial charge in [-0.3, -0.25) is 0 Å². The van der Waals surface area contributed by atoms with Crippen LogP contribution in [0.15, 0.2) is 53.3 Å². The van der Waals surface area contributed by atoms with Crippen molar-refractivity contribution >= 4 is 5.69 Å². The van der Waals surface area contributed by atoms with Gasteiger partial charge in [0.15, 0.2) is 0 Å². The van der Waals surface area contributed by atoms with Crippen LogP contribution in [0.2, 0.25) is 0 Å². The molecule has 0 amide bonds. The lowest BCUT2D eigenvalue weighted by Gasteiger charge is -2.19. The molecule has 2 rings (SSSR count). The van der Waals surface area contributed by atoms with Crippen LogP contribution >= 0.6 is 0 Å². The zero-order valence-corrected chi connectivity index (χ0v) is 10.8. The molecule has 0 unspecified atom stereocenters. The van der Waals surface area contributed by atoms with Gasteiger partial charge in [-0.25, -0.2) is 0 Å². The Morgan fingerprint density at radius 1 is 1.17 bits per heavy atom. The first-order chi connectivity index (χ1) is 8.86. The van der Waals surface area contributed by atoms with E-state index in [2.05, 4.69) is 41.5 Å². The van der Waals surface area contributed by atoms with Crippen LogP contribution in [0.5, 0.6) is 0 Å². The van der Waals surface area contributed by atoms with Gasteiger partial charge >= 0.3 is 0 Å². The fourth-order valence-corrected chi connectivity index (χ4v) is 1.88. The number of hydrogen-bond acceptors (Lipinski definition) is 3. The van der Waals surface area contributed by atoms with E-state index in [9.17, 15) is 0 Å². The second-order valence-electron chi connectivity index (χ2n) is 4.42. The summed E-state index contributed by atoms with van der Waals surface area (Å²) in [5.74, 6) is 0. The smallest absolute Gasteiger partial charge is 0.0947 e. The maximum Gasteiger partial charge on any atom is 0.0947 e. The molecule has 2 aromatic rings. The molecule has 3 nitrogen and oxygen atoms in total. The van der Waals surface area contributed by atoms with Crippen molar-refractivity contribution < 1.29 is 4.42 Å². The summed E-state index contributed by atoms with van der Waals surface area (Å²) in [5.41, 5.74) is 2.47. The average molecular weight is 244 g/mol. The maximum atomic E-state index is 5.02. The highest BCUT2D eigenvalue weighted by molar-refractivity contribution is 5.44. The largest absolute Gasteiger partial charge is 0.472 e. The zero-order chi connectivity index (χ0) is 12.6. The molecule has 3 heteroatoms. The van der Waals surface area contributed by atoms with Crippen LogP contribution in [0.1, 0.15) is 12.0 Å². The highest BCUT2D eigenvalue weighted by Gasteiger charge is 1.99. The summed E-state index contributed by atoms with van der Waals surface area (Å²) in [6.45, 7) is 2.95. The highest BCUT2D eigenvalue weighted by Crippen LogP contribution is 2.10. The van der Waals surface area contributed by atoms with Crippen molar-refractivity contribution in [1.29, 1.82) is 0 Å². The molecule has 0 atom stereocenters. The third kappa shape index (κ3) is 3.93. The molecule has 96 valence electrons. The number of anilines is 1. The van der Waals surface area contributed by atoms with Crippen LogP contribution in [0.4, 0.5) is 5.69 Å². The molecule has 0 spiro atoms. The Balaban J connectivity index is 1.61. The van der Waals surface area contributed by atoms with E-state index in [1.807, 2.05) is 12.1 Å². The van der Waals surface area contributed by atoms with Crippen LogP contribution in [-0.4, -0.2) is 20.1 Å². The molecule has 0 fully saturated rings. The molecule has 1 heterocycles. The molecule has 18 heavy (non-hydrogen) atoms. The fraction of sp³-hybridized carbons (Fsp3) is 0.333. The van der Waals surface area contributed by atoms with Gasteiger partial charge in [-0.2, -0.15) is 0 Å². The normalized spacial score (nSPS) is 10.5. The first-order valence-corrected chi connectivity index (χ1v) is 6.34. The minimum absolute atomic E-state index is 0.881. The van der Waals surface area contributed by atoms with Crippen LogP contribution in [0, 0.1) is 0 Å². The van der Waals surface area contributed by atoms with E-state index in [4.69, 9.17) is 4.42 Å². The van der Waals surface area contributed by atoms with Gasteiger partial charge in [-0.05, 0) is 31.2 Å². The molecule has 0 saturated heterocycles. The molecule has 0 bridgehead atoms. The summed E-state index contributed by atoms with van der Waals surface area (Å²) < 4.78 is 5.02. The second-order valence-corrected chi connectivity index (χ2v) is 4.42. The Bertz CT molecular complexity index is 425. The number of para-hydroxylation sites is 1. The third-order valence-corrected chi connectivity index (χ3v) is 2.95. The van der Waals surface area contributed by atoms with Crippen molar-refractivity contribution in [3.8, 4) is 0 Å². The first kappa shape index (κ1) is 12.7. The standard InChI is InChI=1S/C15H20N2O/c1-17(15-6-3-2-4-7-15)10-5-9-16-12-14-8-11-18-13-14/h2-4,6-8,11,13,16H,5,9-10,12H2,1H3. The van der Waals surface area contributed by atoms with Gasteiger partial charge in [0, 0.05) is 31.4 Å². The summed E-state index contributed by atoms with van der Waals surface area (Å²) in [5, 5.41) is 3.41. The van der Waals surface area contributed by atoms with Gasteiger partial charge in [0.2, 0.25) is 0 Å². The lowest BCUT2D eigenvalue weighted by molar-refractivity contribution is 0.559. The topological polar surface area (TPSA) is 28.4 Å². The van der Waals surface area contributed by atoms with Crippen LogP contribution in [0.25, 0.3) is 0 Å². The Morgan fingerprint density at radius 2 is 2.00 bits per heavy atom. The van der Waals surface area contributed by atoms with Crippen molar-refractivity contribution in [1.82, 2.24) is 5.32 Å². The van der Waals surface area contributed by atoms with E-state index in [1.54, 1.807) is 12.5 Å². The second kappa shape index (κ2) is 6.87. The van der Waals surface area contributed by atoms with Crippen molar-refractivity contribution in [3.63, 3.8) is 0 Å². The van der Waals surface area contributed by atoms with E-state index in [-0.39, 0.29) is 0 Å². The van der Waals surface area contributed by atoms with Gasteiger partial charge in [0.1, 0.15) is 0 Å². The molecule has 1 aromatic carbocycles. The predicted octanol–water partition coefficient (Wildman–Crippen LogP) is 2.90. The minimum Gasteiger partial charge on any atom is -0.472 e. The van der Waals surface area contributed by atoms with Gasteiger partial charge in [0.25, 0.3) is 0 Å². The van der Waals surface area contributed by atoms with E-state index in [0.717, 1.165) is 26.1 Å². The highest BCUT2D eigenvalue weighted by atomic mass is 16.3. The number of benzene rings is 1. The molecule has 0 aliphatic carbocycles.